The molecule has 0 aliphatic heterocycles. The number of nitrogens with zero attached hydrogens (tertiary/aromatic N) is 4. The molecule has 1 aliphatic rings. The van der Waals surface area contributed by atoms with Crippen LogP contribution in [0, 0.1) is 0 Å². The molecule has 2 aromatic heterocycles. The summed E-state index contributed by atoms with van der Waals surface area (Å²) >= 11 is 0. The van der Waals surface area contributed by atoms with Crippen molar-refractivity contribution in [1.82, 2.24) is 14.5 Å². The molecule has 270 valence electrons. The summed E-state index contributed by atoms with van der Waals surface area (Å²) in [5.41, 5.74) is 14.7. The summed E-state index contributed by atoms with van der Waals surface area (Å²) in [7, 11) is 0. The van der Waals surface area contributed by atoms with Crippen LogP contribution in [0.25, 0.3) is 71.9 Å². The van der Waals surface area contributed by atoms with E-state index in [1.165, 1.54) is 49.7 Å². The highest BCUT2D eigenvalue weighted by molar-refractivity contribution is 6.11. The number of fused-ring (bicyclic) bond motifs is 7. The van der Waals surface area contributed by atoms with Crippen molar-refractivity contribution in [3.8, 4) is 39.2 Å². The molecule has 0 unspecified atom stereocenters. The van der Waals surface area contributed by atoms with Crippen LogP contribution in [-0.4, -0.2) is 14.5 Å². The third-order valence-corrected chi connectivity index (χ3v) is 11.8. The first kappa shape index (κ1) is 33.1. The van der Waals surface area contributed by atoms with Crippen molar-refractivity contribution in [2.75, 3.05) is 4.90 Å². The highest BCUT2D eigenvalue weighted by atomic mass is 15.3. The van der Waals surface area contributed by atoms with E-state index in [0.29, 0.717) is 5.95 Å². The molecule has 2 heterocycles. The topological polar surface area (TPSA) is 34.0 Å². The summed E-state index contributed by atoms with van der Waals surface area (Å²) in [5.74, 6) is 1.45. The van der Waals surface area contributed by atoms with Crippen molar-refractivity contribution in [3.63, 3.8) is 0 Å². The largest absolute Gasteiger partial charge is 0.293 e. The summed E-state index contributed by atoms with van der Waals surface area (Å²) in [6.45, 7) is 4.66. The second kappa shape index (κ2) is 12.9. The molecule has 0 radical (unpaired) electrons. The van der Waals surface area contributed by atoms with Crippen LogP contribution in [0.4, 0.5) is 17.3 Å². The lowest BCUT2D eigenvalue weighted by molar-refractivity contribution is 0.660. The second-order valence-electron chi connectivity index (χ2n) is 15.4. The summed E-state index contributed by atoms with van der Waals surface area (Å²) < 4.78 is 2.33. The van der Waals surface area contributed by atoms with Gasteiger partial charge in [-0.1, -0.05) is 159 Å². The number of para-hydroxylation sites is 2. The minimum atomic E-state index is -0.165. The average Bonchev–Trinajstić information content (AvgIpc) is 3.72. The normalized spacial score (nSPS) is 12.9. The van der Waals surface area contributed by atoms with Crippen molar-refractivity contribution in [1.29, 1.82) is 0 Å². The van der Waals surface area contributed by atoms with E-state index in [1.54, 1.807) is 0 Å². The molecule has 0 bridgehead atoms. The first-order valence-corrected chi connectivity index (χ1v) is 19.6. The maximum absolute atomic E-state index is 5.65. The van der Waals surface area contributed by atoms with Gasteiger partial charge in [0.05, 0.1) is 22.2 Å². The Kier molecular flexibility index (Phi) is 7.48. The average molecular weight is 731 g/mol. The molecular weight excluding hydrogens is 693 g/mol. The summed E-state index contributed by atoms with van der Waals surface area (Å²) in [4.78, 5) is 13.3. The molecule has 0 saturated carbocycles. The number of benzene rings is 8. The van der Waals surface area contributed by atoms with Crippen molar-refractivity contribution in [2.24, 2.45) is 0 Å². The standard InChI is InChI=1S/C53H38N4/c1-53(2)44-23-12-9-21-41(44)50-45(53)24-15-27-49(50)56(39-31-28-37(29-32-39)35-16-5-3-6-17-35)52-54-46-25-13-10-22-42(46)51(55-52)57-47-26-14-11-20-40(47)43-34-38(30-33-48(43)57)36-18-7-4-8-19-36/h3-34H,1-2H3. The van der Waals surface area contributed by atoms with Crippen LogP contribution in [0.3, 0.4) is 0 Å². The van der Waals surface area contributed by atoms with Gasteiger partial charge in [0.2, 0.25) is 5.95 Å². The molecule has 0 spiro atoms. The van der Waals surface area contributed by atoms with Gasteiger partial charge in [-0.05, 0) is 87.5 Å². The van der Waals surface area contributed by atoms with Gasteiger partial charge < -0.3 is 0 Å². The molecule has 11 rings (SSSR count). The summed E-state index contributed by atoms with van der Waals surface area (Å²) in [5, 5.41) is 3.35. The zero-order valence-corrected chi connectivity index (χ0v) is 31.8. The van der Waals surface area contributed by atoms with Crippen LogP contribution in [0.2, 0.25) is 0 Å². The number of hydrogen-bond donors (Lipinski definition) is 0. The van der Waals surface area contributed by atoms with Crippen LogP contribution in [0.5, 0.6) is 0 Å². The van der Waals surface area contributed by atoms with E-state index in [2.05, 4.69) is 217 Å². The Morgan fingerprint density at radius 1 is 0.456 bits per heavy atom. The van der Waals surface area contributed by atoms with E-state index in [0.717, 1.165) is 44.7 Å². The fraction of sp³-hybridized carbons (Fsp3) is 0.0566. The molecule has 10 aromatic rings. The van der Waals surface area contributed by atoms with Crippen LogP contribution in [0.1, 0.15) is 25.0 Å². The lowest BCUT2D eigenvalue weighted by Gasteiger charge is -2.28. The summed E-state index contributed by atoms with van der Waals surface area (Å²) in [6.07, 6.45) is 0. The molecule has 8 aromatic carbocycles. The Morgan fingerprint density at radius 3 is 1.84 bits per heavy atom. The first-order chi connectivity index (χ1) is 28.0. The Morgan fingerprint density at radius 2 is 1.05 bits per heavy atom. The molecule has 0 N–H and O–H groups in total. The molecular formula is C53H38N4. The third kappa shape index (κ3) is 5.22. The highest BCUT2D eigenvalue weighted by Crippen LogP contribution is 2.54. The van der Waals surface area contributed by atoms with Gasteiger partial charge in [-0.3, -0.25) is 9.47 Å². The molecule has 1 aliphatic carbocycles. The van der Waals surface area contributed by atoms with E-state index >= 15 is 0 Å². The second-order valence-corrected chi connectivity index (χ2v) is 15.4. The Hall–Kier alpha value is -7.30. The van der Waals surface area contributed by atoms with Gasteiger partial charge in [-0.2, -0.15) is 4.98 Å². The van der Waals surface area contributed by atoms with E-state index in [-0.39, 0.29) is 5.41 Å². The fourth-order valence-corrected chi connectivity index (χ4v) is 9.05. The number of anilines is 3. The molecule has 0 atom stereocenters. The zero-order valence-electron chi connectivity index (χ0n) is 31.8. The lowest BCUT2D eigenvalue weighted by Crippen LogP contribution is -2.17. The van der Waals surface area contributed by atoms with Gasteiger partial charge in [-0.15, -0.1) is 0 Å². The minimum Gasteiger partial charge on any atom is -0.293 e. The molecule has 4 heteroatoms. The summed E-state index contributed by atoms with van der Waals surface area (Å²) in [6, 6.07) is 69.4. The van der Waals surface area contributed by atoms with Crippen LogP contribution >= 0.6 is 0 Å². The van der Waals surface area contributed by atoms with Gasteiger partial charge in [0.25, 0.3) is 0 Å². The zero-order chi connectivity index (χ0) is 38.1. The number of rotatable bonds is 6. The van der Waals surface area contributed by atoms with E-state index in [4.69, 9.17) is 9.97 Å². The molecule has 0 amide bonds. The van der Waals surface area contributed by atoms with E-state index in [9.17, 15) is 0 Å². The Labute approximate surface area is 332 Å². The fourth-order valence-electron chi connectivity index (χ4n) is 9.05. The maximum atomic E-state index is 5.65. The minimum absolute atomic E-state index is 0.165. The van der Waals surface area contributed by atoms with Gasteiger partial charge >= 0.3 is 0 Å². The highest BCUT2D eigenvalue weighted by Gasteiger charge is 2.38. The molecule has 0 fully saturated rings. The molecule has 57 heavy (non-hydrogen) atoms. The predicted octanol–water partition coefficient (Wildman–Crippen LogP) is 13.8. The Balaban J connectivity index is 1.19. The molecule has 0 saturated heterocycles. The van der Waals surface area contributed by atoms with Gasteiger partial charge in [-0.25, -0.2) is 4.98 Å². The van der Waals surface area contributed by atoms with Crippen LogP contribution in [-0.2, 0) is 5.41 Å². The smallest absolute Gasteiger partial charge is 0.237 e. The maximum Gasteiger partial charge on any atom is 0.237 e. The van der Waals surface area contributed by atoms with Crippen LogP contribution in [0.15, 0.2) is 194 Å². The van der Waals surface area contributed by atoms with Gasteiger partial charge in [0, 0.05) is 32.8 Å². The number of aromatic nitrogens is 3. The van der Waals surface area contributed by atoms with Gasteiger partial charge in [0.15, 0.2) is 5.82 Å². The van der Waals surface area contributed by atoms with Crippen molar-refractivity contribution in [3.05, 3.63) is 205 Å². The molecule has 4 nitrogen and oxygen atoms in total. The first-order valence-electron chi connectivity index (χ1n) is 19.6. The van der Waals surface area contributed by atoms with E-state index in [1.807, 2.05) is 0 Å². The van der Waals surface area contributed by atoms with Gasteiger partial charge in [0.1, 0.15) is 0 Å². The predicted molar refractivity (Wildman–Crippen MR) is 237 cm³/mol. The van der Waals surface area contributed by atoms with E-state index < -0.39 is 0 Å². The SMILES string of the molecule is CC1(C)c2ccccc2-c2c(N(c3ccc(-c4ccccc4)cc3)c3nc(-n4c5ccccc5c5cc(-c6ccccc6)ccc54)c4ccccc4n3)cccc21. The third-order valence-electron chi connectivity index (χ3n) is 11.8. The van der Waals surface area contributed by atoms with Crippen molar-refractivity contribution >= 4 is 50.0 Å². The number of hydrogen-bond acceptors (Lipinski definition) is 3. The van der Waals surface area contributed by atoms with Crippen molar-refractivity contribution < 1.29 is 0 Å². The monoisotopic (exact) mass is 730 g/mol. The van der Waals surface area contributed by atoms with Crippen molar-refractivity contribution in [2.45, 2.75) is 19.3 Å². The van der Waals surface area contributed by atoms with Crippen LogP contribution < -0.4 is 4.90 Å². The Bertz CT molecular complexity index is 3140. The lowest BCUT2D eigenvalue weighted by atomic mass is 9.82. The quantitative estimate of drug-likeness (QED) is 0.171.